The summed E-state index contributed by atoms with van der Waals surface area (Å²) in [5.74, 6) is -2.95. The average Bonchev–Trinajstić information content (AvgIpc) is 2.99. The number of carbonyl (C=O) groups excluding carboxylic acids is 1. The highest BCUT2D eigenvalue weighted by Gasteiger charge is 2.27. The molecule has 1 amide bonds. The van der Waals surface area contributed by atoms with E-state index in [2.05, 4.69) is 10.2 Å². The van der Waals surface area contributed by atoms with Gasteiger partial charge < -0.3 is 10.1 Å². The molecule has 9 heteroatoms. The van der Waals surface area contributed by atoms with Crippen molar-refractivity contribution < 1.29 is 26.7 Å². The van der Waals surface area contributed by atoms with Gasteiger partial charge in [-0.25, -0.2) is 8.42 Å². The second-order valence-corrected chi connectivity index (χ2v) is 9.40. The predicted octanol–water partition coefficient (Wildman–Crippen LogP) is 4.25. The van der Waals surface area contributed by atoms with Gasteiger partial charge in [0, 0.05) is 11.7 Å². The van der Waals surface area contributed by atoms with Crippen molar-refractivity contribution in [3.8, 4) is 5.75 Å². The van der Waals surface area contributed by atoms with Gasteiger partial charge >= 0.3 is 5.76 Å². The Bertz CT molecular complexity index is 980. The maximum Gasteiger partial charge on any atom is 0.341 e. The normalized spacial score (nSPS) is 17.9. The van der Waals surface area contributed by atoms with E-state index in [1.165, 1.54) is 12.1 Å². The van der Waals surface area contributed by atoms with Crippen molar-refractivity contribution in [2.24, 2.45) is 0 Å². The minimum absolute atomic E-state index is 0.109. The van der Waals surface area contributed by atoms with Gasteiger partial charge in [-0.15, -0.1) is 0 Å². The molecule has 168 valence electrons. The number of ether oxygens (including phenoxy) is 1. The molecule has 1 atom stereocenters. The molecule has 2 aromatic carbocycles. The number of likely N-dealkylation sites (tertiary alicyclic amines) is 1. The topological polar surface area (TPSA) is 75.7 Å². The molecule has 0 radical (unpaired) electrons. The Morgan fingerprint density at radius 3 is 2.39 bits per heavy atom. The van der Waals surface area contributed by atoms with Gasteiger partial charge in [-0.3, -0.25) is 9.69 Å². The molecule has 1 N–H and O–H groups in total. The molecule has 2 aromatic rings. The second-order valence-electron chi connectivity index (χ2n) is 7.49. The fraction of sp³-hybridized carbons (Fsp3) is 0.409. The number of benzene rings is 2. The Morgan fingerprint density at radius 1 is 1.10 bits per heavy atom. The first-order valence-electron chi connectivity index (χ1n) is 10.1. The van der Waals surface area contributed by atoms with Gasteiger partial charge in [0.15, 0.2) is 0 Å². The van der Waals surface area contributed by atoms with Gasteiger partial charge in [-0.05, 0) is 61.3 Å². The van der Waals surface area contributed by atoms with Crippen molar-refractivity contribution in [1.82, 2.24) is 4.90 Å². The van der Waals surface area contributed by atoms with Gasteiger partial charge in [0.05, 0.1) is 18.6 Å². The lowest BCUT2D eigenvalue weighted by atomic mass is 10.0. The molecule has 1 fully saturated rings. The number of sulfone groups is 1. The number of halogens is 2. The van der Waals surface area contributed by atoms with E-state index in [0.717, 1.165) is 55.7 Å². The van der Waals surface area contributed by atoms with Crippen molar-refractivity contribution >= 4 is 21.4 Å². The van der Waals surface area contributed by atoms with E-state index in [9.17, 15) is 22.0 Å². The second kappa shape index (κ2) is 10.2. The van der Waals surface area contributed by atoms with Gasteiger partial charge in [0.25, 0.3) is 0 Å². The lowest BCUT2D eigenvalue weighted by molar-refractivity contribution is -0.117. The zero-order valence-electron chi connectivity index (χ0n) is 17.3. The zero-order chi connectivity index (χ0) is 22.4. The first kappa shape index (κ1) is 23.1. The summed E-state index contributed by atoms with van der Waals surface area (Å²) < 4.78 is 53.6. The van der Waals surface area contributed by atoms with Crippen LogP contribution in [0.1, 0.15) is 37.3 Å². The first-order chi connectivity index (χ1) is 14.8. The van der Waals surface area contributed by atoms with E-state index in [1.807, 2.05) is 24.3 Å². The third-order valence-corrected chi connectivity index (χ3v) is 6.81. The molecule has 3 rings (SSSR count). The Kier molecular flexibility index (Phi) is 7.61. The fourth-order valence-corrected chi connectivity index (χ4v) is 4.50. The van der Waals surface area contributed by atoms with Crippen LogP contribution in [0.3, 0.4) is 0 Å². The first-order valence-corrected chi connectivity index (χ1v) is 11.7. The molecular weight excluding hydrogens is 426 g/mol. The molecule has 0 unspecified atom stereocenters. The van der Waals surface area contributed by atoms with E-state index in [4.69, 9.17) is 4.74 Å². The third kappa shape index (κ3) is 5.80. The molecule has 1 saturated heterocycles. The zero-order valence-corrected chi connectivity index (χ0v) is 18.1. The van der Waals surface area contributed by atoms with Crippen LogP contribution in [0.15, 0.2) is 53.4 Å². The Hall–Kier alpha value is -2.52. The minimum Gasteiger partial charge on any atom is -0.497 e. The van der Waals surface area contributed by atoms with Crippen molar-refractivity contribution in [3.05, 3.63) is 54.1 Å². The quantitative estimate of drug-likeness (QED) is 0.680. The third-order valence-electron chi connectivity index (χ3n) is 5.41. The molecule has 1 heterocycles. The highest BCUT2D eigenvalue weighted by molar-refractivity contribution is 7.91. The minimum atomic E-state index is -4.66. The largest absolute Gasteiger partial charge is 0.497 e. The van der Waals surface area contributed by atoms with Crippen LogP contribution in [0, 0.1) is 0 Å². The molecule has 1 aliphatic heterocycles. The maximum absolute atomic E-state index is 12.7. The fourth-order valence-electron chi connectivity index (χ4n) is 3.78. The summed E-state index contributed by atoms with van der Waals surface area (Å²) in [5, 5.41) is 2.72. The number of hydrogen-bond donors (Lipinski definition) is 1. The van der Waals surface area contributed by atoms with Crippen LogP contribution < -0.4 is 10.1 Å². The molecule has 0 aromatic heterocycles. The number of methoxy groups -OCH3 is 1. The number of rotatable bonds is 7. The Morgan fingerprint density at radius 2 is 1.77 bits per heavy atom. The van der Waals surface area contributed by atoms with E-state index in [-0.39, 0.29) is 18.5 Å². The van der Waals surface area contributed by atoms with Gasteiger partial charge in [-0.2, -0.15) is 8.78 Å². The number of anilines is 1. The molecule has 0 bridgehead atoms. The van der Waals surface area contributed by atoms with Crippen molar-refractivity contribution in [2.75, 3.05) is 25.5 Å². The van der Waals surface area contributed by atoms with Crippen molar-refractivity contribution in [3.63, 3.8) is 0 Å². The SMILES string of the molecule is COc1ccc([C@H]2CCCCCN2CC(=O)Nc2ccc(S(=O)(=O)C(F)F)cc2)cc1. The van der Waals surface area contributed by atoms with E-state index >= 15 is 0 Å². The number of carbonyl (C=O) groups is 1. The van der Waals surface area contributed by atoms with Crippen LogP contribution in [0.5, 0.6) is 5.75 Å². The molecule has 1 aliphatic rings. The van der Waals surface area contributed by atoms with E-state index in [1.54, 1.807) is 7.11 Å². The van der Waals surface area contributed by atoms with Crippen LogP contribution in [0.25, 0.3) is 0 Å². The molecule has 31 heavy (non-hydrogen) atoms. The lowest BCUT2D eigenvalue weighted by Crippen LogP contribution is -2.36. The number of hydrogen-bond acceptors (Lipinski definition) is 5. The summed E-state index contributed by atoms with van der Waals surface area (Å²) in [7, 11) is -3.04. The number of amides is 1. The van der Waals surface area contributed by atoms with Crippen molar-refractivity contribution in [1.29, 1.82) is 0 Å². The standard InChI is InChI=1S/C22H26F2N2O4S/c1-30-18-10-6-16(7-11-18)20-5-3-2-4-14-26(20)15-21(27)25-17-8-12-19(13-9-17)31(28,29)22(23)24/h6-13,20,22H,2-5,14-15H2,1H3,(H,25,27)/t20-/m1/s1. The molecule has 0 aliphatic carbocycles. The van der Waals surface area contributed by atoms with E-state index < -0.39 is 20.5 Å². The Labute approximate surface area is 181 Å². The summed E-state index contributed by atoms with van der Waals surface area (Å²) in [6, 6.07) is 12.7. The predicted molar refractivity (Wildman–Crippen MR) is 114 cm³/mol. The van der Waals surface area contributed by atoms with Gasteiger partial charge in [0.1, 0.15) is 5.75 Å². The summed E-state index contributed by atoms with van der Waals surface area (Å²) in [5.41, 5.74) is 1.48. The van der Waals surface area contributed by atoms with Crippen molar-refractivity contribution in [2.45, 2.75) is 42.4 Å². The summed E-state index contributed by atoms with van der Waals surface area (Å²) in [6.07, 6.45) is 4.12. The van der Waals surface area contributed by atoms with Crippen LogP contribution in [-0.4, -0.2) is 45.2 Å². The van der Waals surface area contributed by atoms with Gasteiger partial charge in [0.2, 0.25) is 15.7 Å². The average molecular weight is 453 g/mol. The molecular formula is C22H26F2N2O4S. The lowest BCUT2D eigenvalue weighted by Gasteiger charge is -2.29. The van der Waals surface area contributed by atoms with Crippen LogP contribution in [-0.2, 0) is 14.6 Å². The highest BCUT2D eigenvalue weighted by atomic mass is 32.2. The summed E-state index contributed by atoms with van der Waals surface area (Å²) in [6.45, 7) is 0.962. The molecule has 0 spiro atoms. The Balaban J connectivity index is 1.68. The van der Waals surface area contributed by atoms with E-state index in [0.29, 0.717) is 5.69 Å². The summed E-state index contributed by atoms with van der Waals surface area (Å²) in [4.78, 5) is 14.3. The number of alkyl halides is 2. The number of nitrogens with zero attached hydrogens (tertiary/aromatic N) is 1. The van der Waals surface area contributed by atoms with Crippen LogP contribution in [0.2, 0.25) is 0 Å². The van der Waals surface area contributed by atoms with Crippen LogP contribution >= 0.6 is 0 Å². The monoisotopic (exact) mass is 452 g/mol. The maximum atomic E-state index is 12.7. The van der Waals surface area contributed by atoms with Gasteiger partial charge in [-0.1, -0.05) is 25.0 Å². The van der Waals surface area contributed by atoms with Crippen LogP contribution in [0.4, 0.5) is 14.5 Å². The summed E-state index contributed by atoms with van der Waals surface area (Å²) >= 11 is 0. The molecule has 6 nitrogen and oxygen atoms in total. The smallest absolute Gasteiger partial charge is 0.341 e. The molecule has 0 saturated carbocycles. The highest BCUT2D eigenvalue weighted by Crippen LogP contribution is 2.31. The number of nitrogens with one attached hydrogen (secondary N) is 1.